The molecule has 0 saturated heterocycles. The first kappa shape index (κ1) is 7.59. The minimum absolute atomic E-state index is 0.0180. The second-order valence-electron chi connectivity index (χ2n) is 3.70. The van der Waals surface area contributed by atoms with Gasteiger partial charge in [-0.05, 0) is 31.3 Å². The Labute approximate surface area is 72.3 Å². The van der Waals surface area contributed by atoms with E-state index >= 15 is 0 Å². The van der Waals surface area contributed by atoms with E-state index in [1.165, 1.54) is 12.0 Å². The molecule has 2 aliphatic carbocycles. The molecule has 0 aromatic rings. The topological polar surface area (TPSA) is 29.1 Å². The van der Waals surface area contributed by atoms with Crippen molar-refractivity contribution in [2.75, 3.05) is 0 Å². The summed E-state index contributed by atoms with van der Waals surface area (Å²) in [5.41, 5.74) is 2.39. The third-order valence-electron chi connectivity index (χ3n) is 2.52. The van der Waals surface area contributed by atoms with Crippen molar-refractivity contribution in [3.8, 4) is 0 Å². The lowest BCUT2D eigenvalue weighted by atomic mass is 10.0. The molecule has 1 fully saturated rings. The molecule has 2 unspecified atom stereocenters. The lowest BCUT2D eigenvalue weighted by molar-refractivity contribution is -0.118. The molecule has 0 radical (unpaired) electrons. The molecule has 0 aromatic heterocycles. The first-order chi connectivity index (χ1) is 5.66. The number of hydrogen-bond acceptors (Lipinski definition) is 1. The highest BCUT2D eigenvalue weighted by Gasteiger charge is 2.38. The molecule has 12 heavy (non-hydrogen) atoms. The van der Waals surface area contributed by atoms with Gasteiger partial charge in [0.25, 0.3) is 0 Å². The summed E-state index contributed by atoms with van der Waals surface area (Å²) in [7, 11) is 0. The molecule has 0 heterocycles. The predicted molar refractivity (Wildman–Crippen MR) is 47.3 cm³/mol. The first-order valence-corrected chi connectivity index (χ1v) is 4.34. The van der Waals surface area contributed by atoms with Crippen LogP contribution in [0.1, 0.15) is 20.3 Å². The van der Waals surface area contributed by atoms with Gasteiger partial charge < -0.3 is 5.32 Å². The maximum Gasteiger partial charge on any atom is 0.221 e. The Morgan fingerprint density at radius 2 is 2.42 bits per heavy atom. The summed E-state index contributed by atoms with van der Waals surface area (Å²) in [5.74, 6) is 1.50. The van der Waals surface area contributed by atoms with Gasteiger partial charge in [-0.2, -0.15) is 0 Å². The maximum absolute atomic E-state index is 10.8. The smallest absolute Gasteiger partial charge is 0.221 e. The zero-order valence-electron chi connectivity index (χ0n) is 7.42. The van der Waals surface area contributed by atoms with Crippen molar-refractivity contribution in [3.63, 3.8) is 0 Å². The van der Waals surface area contributed by atoms with Crippen molar-refractivity contribution in [2.45, 2.75) is 20.3 Å². The van der Waals surface area contributed by atoms with Crippen LogP contribution < -0.4 is 5.32 Å². The van der Waals surface area contributed by atoms with Gasteiger partial charge in [0.2, 0.25) is 5.91 Å². The highest BCUT2D eigenvalue weighted by Crippen LogP contribution is 2.48. The molecule has 64 valence electrons. The Bertz CT molecular complexity index is 288. The normalized spacial score (nSPS) is 31.5. The van der Waals surface area contributed by atoms with Crippen LogP contribution in [0.15, 0.2) is 23.4 Å². The molecule has 2 atom stereocenters. The van der Waals surface area contributed by atoms with Gasteiger partial charge in [0.1, 0.15) is 0 Å². The minimum Gasteiger partial charge on any atom is -0.327 e. The van der Waals surface area contributed by atoms with Crippen molar-refractivity contribution in [1.29, 1.82) is 0 Å². The van der Waals surface area contributed by atoms with Crippen LogP contribution in [0.5, 0.6) is 0 Å². The number of fused-ring (bicyclic) bond motifs is 1. The molecule has 2 rings (SSSR count). The summed E-state index contributed by atoms with van der Waals surface area (Å²) >= 11 is 0. The van der Waals surface area contributed by atoms with Crippen molar-refractivity contribution in [2.24, 2.45) is 11.8 Å². The van der Waals surface area contributed by atoms with Gasteiger partial charge in [-0.25, -0.2) is 0 Å². The summed E-state index contributed by atoms with van der Waals surface area (Å²) in [5, 5.41) is 2.82. The average Bonchev–Trinajstić information content (AvgIpc) is 2.64. The lowest BCUT2D eigenvalue weighted by Crippen LogP contribution is -2.19. The van der Waals surface area contributed by atoms with E-state index in [0.717, 1.165) is 11.6 Å². The van der Waals surface area contributed by atoms with Crippen LogP contribution in [0, 0.1) is 11.8 Å². The second kappa shape index (κ2) is 2.47. The predicted octanol–water partition coefficient (Wildman–Crippen LogP) is 1.60. The van der Waals surface area contributed by atoms with E-state index in [9.17, 15) is 4.79 Å². The fourth-order valence-corrected chi connectivity index (χ4v) is 1.83. The highest BCUT2D eigenvalue weighted by atomic mass is 16.1. The number of carbonyl (C=O) groups is 1. The standard InChI is InChI=1S/C10H13NO/c1-6-3-9(11-7(2)12)4-8-5-10(6)8/h3-4,8,10H,5H2,1-2H3,(H,11,12). The van der Waals surface area contributed by atoms with E-state index in [4.69, 9.17) is 0 Å². The molecular formula is C10H13NO. The van der Waals surface area contributed by atoms with Gasteiger partial charge >= 0.3 is 0 Å². The molecule has 0 aliphatic heterocycles. The van der Waals surface area contributed by atoms with E-state index in [2.05, 4.69) is 24.4 Å². The van der Waals surface area contributed by atoms with Gasteiger partial charge in [-0.15, -0.1) is 0 Å². The van der Waals surface area contributed by atoms with E-state index < -0.39 is 0 Å². The summed E-state index contributed by atoms with van der Waals surface area (Å²) < 4.78 is 0. The molecule has 1 N–H and O–H groups in total. The van der Waals surface area contributed by atoms with Gasteiger partial charge in [0.05, 0.1) is 0 Å². The van der Waals surface area contributed by atoms with Gasteiger partial charge in [0, 0.05) is 12.6 Å². The molecular weight excluding hydrogens is 150 g/mol. The Morgan fingerprint density at radius 1 is 1.67 bits per heavy atom. The average molecular weight is 163 g/mol. The fourth-order valence-electron chi connectivity index (χ4n) is 1.83. The van der Waals surface area contributed by atoms with Crippen molar-refractivity contribution in [1.82, 2.24) is 5.32 Å². The fraction of sp³-hybridized carbons (Fsp3) is 0.500. The molecule has 2 heteroatoms. The summed E-state index contributed by atoms with van der Waals surface area (Å²) in [4.78, 5) is 10.8. The van der Waals surface area contributed by atoms with E-state index in [1.807, 2.05) is 0 Å². The van der Waals surface area contributed by atoms with Crippen LogP contribution in [0.3, 0.4) is 0 Å². The zero-order valence-corrected chi connectivity index (χ0v) is 7.42. The number of rotatable bonds is 1. The summed E-state index contributed by atoms with van der Waals surface area (Å²) in [6.07, 6.45) is 5.51. The third kappa shape index (κ3) is 1.29. The monoisotopic (exact) mass is 163 g/mol. The van der Waals surface area contributed by atoms with E-state index in [-0.39, 0.29) is 5.91 Å². The van der Waals surface area contributed by atoms with Crippen LogP contribution >= 0.6 is 0 Å². The first-order valence-electron chi connectivity index (χ1n) is 4.34. The van der Waals surface area contributed by atoms with Crippen LogP contribution in [-0.4, -0.2) is 5.91 Å². The molecule has 1 amide bonds. The van der Waals surface area contributed by atoms with Crippen molar-refractivity contribution in [3.05, 3.63) is 23.4 Å². The number of nitrogens with one attached hydrogen (secondary N) is 1. The van der Waals surface area contributed by atoms with Crippen LogP contribution in [0.2, 0.25) is 0 Å². The third-order valence-corrected chi connectivity index (χ3v) is 2.52. The second-order valence-corrected chi connectivity index (χ2v) is 3.70. The summed E-state index contributed by atoms with van der Waals surface area (Å²) in [6.45, 7) is 3.68. The van der Waals surface area contributed by atoms with Crippen molar-refractivity contribution >= 4 is 5.91 Å². The van der Waals surface area contributed by atoms with E-state index in [0.29, 0.717) is 5.92 Å². The van der Waals surface area contributed by atoms with E-state index in [1.54, 1.807) is 6.92 Å². The van der Waals surface area contributed by atoms with Gasteiger partial charge in [0.15, 0.2) is 0 Å². The highest BCUT2D eigenvalue weighted by molar-refractivity contribution is 5.75. The molecule has 0 aromatic carbocycles. The SMILES string of the molecule is CC(=O)NC1=CC2CC2C(C)=C1. The zero-order chi connectivity index (χ0) is 8.72. The lowest BCUT2D eigenvalue weighted by Gasteiger charge is -2.09. The quantitative estimate of drug-likeness (QED) is 0.625. The van der Waals surface area contributed by atoms with Crippen LogP contribution in [0.4, 0.5) is 0 Å². The minimum atomic E-state index is 0.0180. The number of carbonyl (C=O) groups excluding carboxylic acids is 1. The maximum atomic E-state index is 10.8. The Balaban J connectivity index is 2.12. The Kier molecular flexibility index (Phi) is 1.56. The molecule has 1 saturated carbocycles. The van der Waals surface area contributed by atoms with Crippen LogP contribution in [-0.2, 0) is 4.79 Å². The largest absolute Gasteiger partial charge is 0.327 e. The van der Waals surface area contributed by atoms with Crippen LogP contribution in [0.25, 0.3) is 0 Å². The van der Waals surface area contributed by atoms with Gasteiger partial charge in [-0.1, -0.05) is 11.6 Å². The van der Waals surface area contributed by atoms with Crippen molar-refractivity contribution < 1.29 is 4.79 Å². The van der Waals surface area contributed by atoms with Gasteiger partial charge in [-0.3, -0.25) is 4.79 Å². The molecule has 2 nitrogen and oxygen atoms in total. The molecule has 0 spiro atoms. The Hall–Kier alpha value is -1.05. The number of amides is 1. The number of allylic oxidation sites excluding steroid dienone is 3. The summed E-state index contributed by atoms with van der Waals surface area (Å²) in [6, 6.07) is 0. The molecule has 0 bridgehead atoms. The Morgan fingerprint density at radius 3 is 3.00 bits per heavy atom. The number of hydrogen-bond donors (Lipinski definition) is 1. The molecule has 2 aliphatic rings.